The first-order chi connectivity index (χ1) is 11.1. The second kappa shape index (κ2) is 6.18. The summed E-state index contributed by atoms with van der Waals surface area (Å²) in [5, 5.41) is 11.4. The highest BCUT2D eigenvalue weighted by Gasteiger charge is 2.21. The monoisotopic (exact) mass is 327 g/mol. The van der Waals surface area contributed by atoms with Gasteiger partial charge in [0.05, 0.1) is 10.5 Å². The van der Waals surface area contributed by atoms with Crippen molar-refractivity contribution in [1.82, 2.24) is 0 Å². The van der Waals surface area contributed by atoms with Gasteiger partial charge in [0.2, 0.25) is 0 Å². The van der Waals surface area contributed by atoms with Crippen LogP contribution in [0.15, 0.2) is 66.7 Å². The van der Waals surface area contributed by atoms with Gasteiger partial charge in [-0.1, -0.05) is 60.1 Å². The molecule has 114 valence electrons. The van der Waals surface area contributed by atoms with Gasteiger partial charge in [-0.05, 0) is 23.3 Å². The number of nitrogens with zero attached hydrogens (tertiary/aromatic N) is 1. The smallest absolute Gasteiger partial charge is 0.258 e. The minimum atomic E-state index is -0.673. The topological polar surface area (TPSA) is 43.1 Å². The number of nitro groups is 1. The van der Waals surface area contributed by atoms with E-state index in [1.165, 1.54) is 18.2 Å². The SMILES string of the molecule is O=[N+]([O-])c1cccc(F)c1-c1ccc(-c2ccccc2)cc1Cl. The van der Waals surface area contributed by atoms with Gasteiger partial charge in [0.25, 0.3) is 5.69 Å². The number of benzene rings is 3. The van der Waals surface area contributed by atoms with Gasteiger partial charge in [0.1, 0.15) is 5.82 Å². The van der Waals surface area contributed by atoms with Gasteiger partial charge in [-0.25, -0.2) is 4.39 Å². The van der Waals surface area contributed by atoms with E-state index in [0.717, 1.165) is 11.1 Å². The van der Waals surface area contributed by atoms with Gasteiger partial charge in [-0.2, -0.15) is 0 Å². The Hall–Kier alpha value is -2.72. The van der Waals surface area contributed by atoms with Crippen LogP contribution in [-0.2, 0) is 0 Å². The molecule has 3 rings (SSSR count). The molecular weight excluding hydrogens is 317 g/mol. The molecule has 0 aromatic heterocycles. The van der Waals surface area contributed by atoms with Crippen molar-refractivity contribution in [2.75, 3.05) is 0 Å². The quantitative estimate of drug-likeness (QED) is 0.456. The van der Waals surface area contributed by atoms with E-state index in [0.29, 0.717) is 5.56 Å². The van der Waals surface area contributed by atoms with Crippen molar-refractivity contribution in [1.29, 1.82) is 0 Å². The number of halogens is 2. The van der Waals surface area contributed by atoms with Crippen LogP contribution in [0.1, 0.15) is 0 Å². The van der Waals surface area contributed by atoms with Crippen LogP contribution in [0.25, 0.3) is 22.3 Å². The second-order valence-electron chi connectivity index (χ2n) is 4.95. The van der Waals surface area contributed by atoms with E-state index in [9.17, 15) is 14.5 Å². The van der Waals surface area contributed by atoms with Gasteiger partial charge in [0, 0.05) is 16.7 Å². The zero-order valence-electron chi connectivity index (χ0n) is 11.9. The highest BCUT2D eigenvalue weighted by molar-refractivity contribution is 6.33. The van der Waals surface area contributed by atoms with Gasteiger partial charge in [-0.15, -0.1) is 0 Å². The summed E-state index contributed by atoms with van der Waals surface area (Å²) >= 11 is 6.27. The maximum absolute atomic E-state index is 14.1. The molecule has 3 nitrogen and oxygen atoms in total. The Morgan fingerprint density at radius 3 is 2.30 bits per heavy atom. The van der Waals surface area contributed by atoms with Gasteiger partial charge >= 0.3 is 0 Å². The van der Waals surface area contributed by atoms with Crippen LogP contribution in [0, 0.1) is 15.9 Å². The Kier molecular flexibility index (Phi) is 4.08. The predicted molar refractivity (Wildman–Crippen MR) is 88.9 cm³/mol. The van der Waals surface area contributed by atoms with Crippen LogP contribution >= 0.6 is 11.6 Å². The number of hydrogen-bond acceptors (Lipinski definition) is 2. The molecule has 3 aromatic rings. The lowest BCUT2D eigenvalue weighted by atomic mass is 9.99. The van der Waals surface area contributed by atoms with E-state index >= 15 is 0 Å². The Morgan fingerprint density at radius 1 is 0.913 bits per heavy atom. The van der Waals surface area contributed by atoms with Crippen molar-refractivity contribution < 1.29 is 9.31 Å². The molecule has 0 heterocycles. The van der Waals surface area contributed by atoms with Crippen LogP contribution in [0.4, 0.5) is 10.1 Å². The lowest BCUT2D eigenvalue weighted by Crippen LogP contribution is -1.95. The van der Waals surface area contributed by atoms with Crippen LogP contribution in [0.2, 0.25) is 5.02 Å². The Morgan fingerprint density at radius 2 is 1.65 bits per heavy atom. The Labute approximate surface area is 137 Å². The number of hydrogen-bond donors (Lipinski definition) is 0. The van der Waals surface area contributed by atoms with Crippen molar-refractivity contribution in [3.05, 3.63) is 87.7 Å². The zero-order valence-corrected chi connectivity index (χ0v) is 12.6. The Balaban J connectivity index is 2.15. The first-order valence-electron chi connectivity index (χ1n) is 6.86. The minimum Gasteiger partial charge on any atom is -0.258 e. The molecule has 5 heteroatoms. The first-order valence-corrected chi connectivity index (χ1v) is 7.24. The first kappa shape index (κ1) is 15.2. The average Bonchev–Trinajstić information content (AvgIpc) is 2.56. The highest BCUT2D eigenvalue weighted by Crippen LogP contribution is 2.38. The summed E-state index contributed by atoms with van der Waals surface area (Å²) in [7, 11) is 0. The molecule has 0 fully saturated rings. The van der Waals surface area contributed by atoms with Crippen LogP contribution in [0.3, 0.4) is 0 Å². The predicted octanol–water partition coefficient (Wildman–Crippen LogP) is 5.72. The standard InChI is InChI=1S/C18H11ClFNO2/c19-15-11-13(12-5-2-1-3-6-12)9-10-14(15)18-16(20)7-4-8-17(18)21(22)23/h1-11H. The maximum Gasteiger partial charge on any atom is 0.280 e. The summed E-state index contributed by atoms with van der Waals surface area (Å²) in [6, 6.07) is 18.4. The average molecular weight is 328 g/mol. The summed E-state index contributed by atoms with van der Waals surface area (Å²) in [6.45, 7) is 0. The van der Waals surface area contributed by atoms with Crippen LogP contribution < -0.4 is 0 Å². The van der Waals surface area contributed by atoms with Gasteiger partial charge < -0.3 is 0 Å². The molecule has 0 aliphatic carbocycles. The molecule has 0 amide bonds. The van der Waals surface area contributed by atoms with Crippen LogP contribution in [0.5, 0.6) is 0 Å². The maximum atomic E-state index is 14.1. The molecule has 0 radical (unpaired) electrons. The lowest BCUT2D eigenvalue weighted by Gasteiger charge is -2.09. The summed E-state index contributed by atoms with van der Waals surface area (Å²) in [5.74, 6) is -0.673. The fourth-order valence-corrected chi connectivity index (χ4v) is 2.73. The molecule has 0 aliphatic heterocycles. The fraction of sp³-hybridized carbons (Fsp3) is 0. The zero-order chi connectivity index (χ0) is 16.4. The molecule has 0 aliphatic rings. The van der Waals surface area contributed by atoms with E-state index in [2.05, 4.69) is 0 Å². The van der Waals surface area contributed by atoms with E-state index in [-0.39, 0.29) is 16.3 Å². The molecule has 0 unspecified atom stereocenters. The number of nitro benzene ring substituents is 1. The summed E-state index contributed by atoms with van der Waals surface area (Å²) in [4.78, 5) is 10.5. The van der Waals surface area contributed by atoms with E-state index < -0.39 is 10.7 Å². The molecule has 0 spiro atoms. The second-order valence-corrected chi connectivity index (χ2v) is 5.36. The van der Waals surface area contributed by atoms with Crippen molar-refractivity contribution >= 4 is 17.3 Å². The fourth-order valence-electron chi connectivity index (χ4n) is 2.46. The van der Waals surface area contributed by atoms with E-state index in [1.807, 2.05) is 30.3 Å². The third-order valence-corrected chi connectivity index (χ3v) is 3.85. The van der Waals surface area contributed by atoms with E-state index in [1.54, 1.807) is 18.2 Å². The lowest BCUT2D eigenvalue weighted by molar-refractivity contribution is -0.384. The molecule has 23 heavy (non-hydrogen) atoms. The molecule has 3 aromatic carbocycles. The van der Waals surface area contributed by atoms with Crippen molar-refractivity contribution in [2.24, 2.45) is 0 Å². The normalized spacial score (nSPS) is 10.5. The summed E-state index contributed by atoms with van der Waals surface area (Å²) in [6.07, 6.45) is 0. The van der Waals surface area contributed by atoms with Crippen LogP contribution in [-0.4, -0.2) is 4.92 Å². The minimum absolute atomic E-state index is 0.0953. The molecule has 0 bridgehead atoms. The van der Waals surface area contributed by atoms with E-state index in [4.69, 9.17) is 11.6 Å². The van der Waals surface area contributed by atoms with Crippen molar-refractivity contribution in [3.63, 3.8) is 0 Å². The van der Waals surface area contributed by atoms with Crippen molar-refractivity contribution in [2.45, 2.75) is 0 Å². The highest BCUT2D eigenvalue weighted by atomic mass is 35.5. The Bertz CT molecular complexity index is 881. The third-order valence-electron chi connectivity index (χ3n) is 3.53. The molecule has 0 saturated heterocycles. The molecule has 0 saturated carbocycles. The molecule has 0 N–H and O–H groups in total. The third kappa shape index (κ3) is 2.94. The largest absolute Gasteiger partial charge is 0.280 e. The van der Waals surface area contributed by atoms with Crippen molar-refractivity contribution in [3.8, 4) is 22.3 Å². The number of rotatable bonds is 3. The van der Waals surface area contributed by atoms with Gasteiger partial charge in [0.15, 0.2) is 0 Å². The molecule has 0 atom stereocenters. The molecular formula is C18H11ClFNO2. The summed E-state index contributed by atoms with van der Waals surface area (Å²) < 4.78 is 14.1. The van der Waals surface area contributed by atoms with Gasteiger partial charge in [-0.3, -0.25) is 10.1 Å². The summed E-state index contributed by atoms with van der Waals surface area (Å²) in [5.41, 5.74) is 1.72.